The van der Waals surface area contributed by atoms with Gasteiger partial charge in [0.1, 0.15) is 17.7 Å². The van der Waals surface area contributed by atoms with Crippen molar-refractivity contribution in [3.63, 3.8) is 0 Å². The van der Waals surface area contributed by atoms with E-state index in [4.69, 9.17) is 10.5 Å². The highest BCUT2D eigenvalue weighted by Crippen LogP contribution is 2.40. The van der Waals surface area contributed by atoms with Crippen molar-refractivity contribution >= 4 is 0 Å². The molecule has 0 saturated carbocycles. The van der Waals surface area contributed by atoms with Crippen molar-refractivity contribution in [2.75, 3.05) is 0 Å². The van der Waals surface area contributed by atoms with Crippen molar-refractivity contribution in [3.8, 4) is 5.75 Å². The molecule has 1 aliphatic rings. The van der Waals surface area contributed by atoms with E-state index in [1.54, 1.807) is 12.4 Å². The summed E-state index contributed by atoms with van der Waals surface area (Å²) in [6.45, 7) is 4.19. The number of halogens is 1. The van der Waals surface area contributed by atoms with Crippen LogP contribution in [-0.2, 0) is 0 Å². The molecule has 0 fully saturated rings. The summed E-state index contributed by atoms with van der Waals surface area (Å²) in [5.74, 6) is 0.375. The molecule has 0 amide bonds. The monoisotopic (exact) mass is 275 g/mol. The number of fused-ring (bicyclic) bond motifs is 1. The number of hydrogen-bond donors (Lipinski definition) is 1. The van der Waals surface area contributed by atoms with Crippen LogP contribution in [0.4, 0.5) is 4.39 Å². The van der Waals surface area contributed by atoms with Crippen LogP contribution in [0.2, 0.25) is 0 Å². The maximum atomic E-state index is 13.3. The Morgan fingerprint density at radius 1 is 1.45 bits per heavy atom. The molecule has 20 heavy (non-hydrogen) atoms. The average molecular weight is 275 g/mol. The van der Waals surface area contributed by atoms with Crippen LogP contribution >= 0.6 is 0 Å². The number of rotatable bonds is 2. The zero-order valence-electron chi connectivity index (χ0n) is 11.6. The molecule has 2 atom stereocenters. The van der Waals surface area contributed by atoms with Crippen LogP contribution in [0.15, 0.2) is 30.7 Å². The van der Waals surface area contributed by atoms with Crippen LogP contribution in [0.1, 0.15) is 49.7 Å². The summed E-state index contributed by atoms with van der Waals surface area (Å²) in [5, 5.41) is 0. The first kappa shape index (κ1) is 13.1. The van der Waals surface area contributed by atoms with Crippen LogP contribution in [0.25, 0.3) is 0 Å². The number of aromatic nitrogens is 2. The highest BCUT2D eigenvalue weighted by atomic mass is 19.1. The molecule has 2 aromatic rings. The third kappa shape index (κ3) is 2.18. The minimum atomic E-state index is -0.284. The summed E-state index contributed by atoms with van der Waals surface area (Å²) < 4.78 is 21.3. The first-order valence-corrected chi connectivity index (χ1v) is 6.79. The molecule has 106 valence electrons. The Morgan fingerprint density at radius 3 is 3.00 bits per heavy atom. The molecular formula is C15H18FN3O. The zero-order chi connectivity index (χ0) is 14.3. The summed E-state index contributed by atoms with van der Waals surface area (Å²) in [6.07, 6.45) is 4.09. The first-order chi connectivity index (χ1) is 9.56. The number of benzene rings is 1. The van der Waals surface area contributed by atoms with Gasteiger partial charge in [0.2, 0.25) is 0 Å². The first-order valence-electron chi connectivity index (χ1n) is 6.79. The van der Waals surface area contributed by atoms with Gasteiger partial charge in [-0.05, 0) is 32.0 Å². The van der Waals surface area contributed by atoms with Crippen LogP contribution in [0.3, 0.4) is 0 Å². The summed E-state index contributed by atoms with van der Waals surface area (Å²) in [6, 6.07) is 4.58. The fourth-order valence-electron chi connectivity index (χ4n) is 2.65. The van der Waals surface area contributed by atoms with Crippen molar-refractivity contribution in [1.29, 1.82) is 0 Å². The molecule has 5 heteroatoms. The van der Waals surface area contributed by atoms with Crippen LogP contribution in [0, 0.1) is 5.82 Å². The van der Waals surface area contributed by atoms with Crippen LogP contribution in [-0.4, -0.2) is 9.55 Å². The Morgan fingerprint density at radius 2 is 2.25 bits per heavy atom. The Hall–Kier alpha value is -1.88. The number of nitrogens with zero attached hydrogens (tertiary/aromatic N) is 2. The van der Waals surface area contributed by atoms with E-state index >= 15 is 0 Å². The van der Waals surface area contributed by atoms with E-state index in [2.05, 4.69) is 23.4 Å². The molecule has 1 unspecified atom stereocenters. The zero-order valence-corrected chi connectivity index (χ0v) is 11.6. The maximum Gasteiger partial charge on any atom is 0.142 e. The molecule has 0 saturated heterocycles. The lowest BCUT2D eigenvalue weighted by Crippen LogP contribution is -2.26. The Balaban J connectivity index is 1.95. The molecule has 4 nitrogen and oxygen atoms in total. The van der Waals surface area contributed by atoms with Gasteiger partial charge in [0.05, 0.1) is 18.2 Å². The predicted octanol–water partition coefficient (Wildman–Crippen LogP) is 3.13. The van der Waals surface area contributed by atoms with Gasteiger partial charge >= 0.3 is 0 Å². The Kier molecular flexibility index (Phi) is 3.22. The predicted molar refractivity (Wildman–Crippen MR) is 73.9 cm³/mol. The molecule has 2 heterocycles. The van der Waals surface area contributed by atoms with Gasteiger partial charge < -0.3 is 15.0 Å². The fraction of sp³-hybridized carbons (Fsp3) is 0.400. The quantitative estimate of drug-likeness (QED) is 0.916. The van der Waals surface area contributed by atoms with Gasteiger partial charge in [-0.3, -0.25) is 0 Å². The van der Waals surface area contributed by atoms with Gasteiger partial charge in [-0.15, -0.1) is 0 Å². The van der Waals surface area contributed by atoms with Gasteiger partial charge in [0.25, 0.3) is 0 Å². The number of nitrogens with two attached hydrogens (primary N) is 1. The van der Waals surface area contributed by atoms with E-state index in [0.29, 0.717) is 18.2 Å². The van der Waals surface area contributed by atoms with Crippen molar-refractivity contribution in [3.05, 3.63) is 47.8 Å². The molecule has 0 spiro atoms. The second kappa shape index (κ2) is 4.90. The lowest BCUT2D eigenvalue weighted by atomic mass is 9.96. The van der Waals surface area contributed by atoms with Gasteiger partial charge in [-0.2, -0.15) is 0 Å². The van der Waals surface area contributed by atoms with Gasteiger partial charge in [-0.1, -0.05) is 0 Å². The van der Waals surface area contributed by atoms with Gasteiger partial charge in [-0.25, -0.2) is 9.37 Å². The molecule has 2 N–H and O–H groups in total. The summed E-state index contributed by atoms with van der Waals surface area (Å²) in [7, 11) is 0. The lowest BCUT2D eigenvalue weighted by molar-refractivity contribution is 0.151. The largest absolute Gasteiger partial charge is 0.484 e. The van der Waals surface area contributed by atoms with Crippen LogP contribution in [0.5, 0.6) is 5.75 Å². The molecular weight excluding hydrogens is 257 g/mol. The van der Waals surface area contributed by atoms with E-state index in [1.807, 2.05) is 6.20 Å². The minimum absolute atomic E-state index is 0.145. The summed E-state index contributed by atoms with van der Waals surface area (Å²) in [5.41, 5.74) is 7.90. The van der Waals surface area contributed by atoms with E-state index in [-0.39, 0.29) is 18.0 Å². The van der Waals surface area contributed by atoms with E-state index in [1.165, 1.54) is 12.1 Å². The lowest BCUT2D eigenvalue weighted by Gasteiger charge is -2.31. The van der Waals surface area contributed by atoms with E-state index < -0.39 is 0 Å². The van der Waals surface area contributed by atoms with Crippen LogP contribution < -0.4 is 10.5 Å². The van der Waals surface area contributed by atoms with Gasteiger partial charge in [0.15, 0.2) is 0 Å². The second-order valence-corrected chi connectivity index (χ2v) is 5.45. The van der Waals surface area contributed by atoms with Crippen molar-refractivity contribution in [2.24, 2.45) is 5.73 Å². The minimum Gasteiger partial charge on any atom is -0.484 e. The summed E-state index contributed by atoms with van der Waals surface area (Å²) >= 11 is 0. The molecule has 1 aromatic heterocycles. The van der Waals surface area contributed by atoms with Crippen molar-refractivity contribution < 1.29 is 9.13 Å². The van der Waals surface area contributed by atoms with E-state index in [0.717, 1.165) is 11.3 Å². The smallest absolute Gasteiger partial charge is 0.142 e. The van der Waals surface area contributed by atoms with Crippen molar-refractivity contribution in [1.82, 2.24) is 9.55 Å². The normalized spacial score (nSPS) is 21.6. The molecule has 0 radical (unpaired) electrons. The standard InChI is InChI=1S/C15H18FN3O/c1-9(2)19-8-18-7-13(19)15-6-12(17)11-5-10(16)3-4-14(11)20-15/h3-5,7-9,12,15H,6,17H2,1-2H3/t12-,15?/m0/s1. The highest BCUT2D eigenvalue weighted by molar-refractivity contribution is 5.39. The average Bonchev–Trinajstić information content (AvgIpc) is 2.89. The molecule has 1 aromatic carbocycles. The van der Waals surface area contributed by atoms with E-state index in [9.17, 15) is 4.39 Å². The van der Waals surface area contributed by atoms with Gasteiger partial charge in [0, 0.05) is 24.1 Å². The Bertz CT molecular complexity index is 623. The fourth-order valence-corrected chi connectivity index (χ4v) is 2.65. The SMILES string of the molecule is CC(C)n1cncc1C1C[C@H](N)c2cc(F)ccc2O1. The summed E-state index contributed by atoms with van der Waals surface area (Å²) in [4.78, 5) is 4.20. The number of hydrogen-bond acceptors (Lipinski definition) is 3. The Labute approximate surface area is 117 Å². The topological polar surface area (TPSA) is 53.1 Å². The molecule has 1 aliphatic heterocycles. The third-order valence-corrected chi connectivity index (χ3v) is 3.69. The number of ether oxygens (including phenoxy) is 1. The third-order valence-electron chi connectivity index (χ3n) is 3.69. The molecule has 0 aliphatic carbocycles. The molecule has 0 bridgehead atoms. The second-order valence-electron chi connectivity index (χ2n) is 5.45. The molecule has 3 rings (SSSR count). The highest BCUT2D eigenvalue weighted by Gasteiger charge is 2.29. The number of imidazole rings is 1. The maximum absolute atomic E-state index is 13.3. The van der Waals surface area contributed by atoms with Crippen molar-refractivity contribution in [2.45, 2.75) is 38.5 Å².